The number of benzene rings is 2. The van der Waals surface area contributed by atoms with E-state index in [1.54, 1.807) is 50.2 Å². The van der Waals surface area contributed by atoms with E-state index in [0.29, 0.717) is 57.1 Å². The molecule has 10 heteroatoms. The van der Waals surface area contributed by atoms with E-state index in [0.717, 1.165) is 77.2 Å². The van der Waals surface area contributed by atoms with Gasteiger partial charge in [0, 0.05) is 0 Å². The van der Waals surface area contributed by atoms with Crippen LogP contribution >= 0.6 is 0 Å². The number of ether oxygens (including phenoxy) is 1. The SMILES string of the molecule is C.CC1(C)CO1.C[C@H](C(CC(C)(C)O)S(=O)(=O)c1ccccc1)[C@H]1CC[C@H]2[C@@H]3CC=C4C[C@@](C)(O)CC[C@]4(C)[C@H]3CC[C@]12C.C[C@H](CS(=O)(=O)c1ccccc1)[C@H]1CC[C@H]2[C@@H]3CC=C4C[C@@](C)(O)CC[C@]4(C)[C@H]3CC[C@]12C. The zero-order valence-electron chi connectivity index (χ0n) is 48.9. The van der Waals surface area contributed by atoms with Gasteiger partial charge in [0.15, 0.2) is 19.7 Å². The summed E-state index contributed by atoms with van der Waals surface area (Å²) >= 11 is 0. The molecule has 0 amide bonds. The second kappa shape index (κ2) is 21.4. The summed E-state index contributed by atoms with van der Waals surface area (Å²) in [6.45, 7) is 26.8. The normalized spacial score (nSPS) is 40.9. The minimum atomic E-state index is -3.59. The quantitative estimate of drug-likeness (QED) is 0.158. The van der Waals surface area contributed by atoms with Gasteiger partial charge >= 0.3 is 0 Å². The van der Waals surface area contributed by atoms with Gasteiger partial charge in [-0.05, 0) is 256 Å². The molecule has 1 saturated heterocycles. The first-order valence-corrected chi connectivity index (χ1v) is 33.2. The van der Waals surface area contributed by atoms with Gasteiger partial charge in [0.2, 0.25) is 0 Å². The van der Waals surface area contributed by atoms with Gasteiger partial charge in [-0.25, -0.2) is 16.8 Å². The van der Waals surface area contributed by atoms with Crippen molar-refractivity contribution >= 4 is 19.7 Å². The Morgan fingerprint density at radius 2 is 1.01 bits per heavy atom. The maximum atomic E-state index is 14.0. The molecule has 1 aliphatic heterocycles. The summed E-state index contributed by atoms with van der Waals surface area (Å²) in [5.41, 5.74) is 1.87. The molecule has 8 nitrogen and oxygen atoms in total. The summed E-state index contributed by atoms with van der Waals surface area (Å²) in [7, 11) is -6.84. The van der Waals surface area contributed by atoms with Gasteiger partial charge in [-0.3, -0.25) is 0 Å². The molecule has 7 fully saturated rings. The van der Waals surface area contributed by atoms with Gasteiger partial charge in [0.25, 0.3) is 0 Å². The summed E-state index contributed by atoms with van der Waals surface area (Å²) in [5.74, 6) is 5.23. The largest absolute Gasteiger partial charge is 0.390 e. The molecular formula is C67H104O8S2. The van der Waals surface area contributed by atoms with E-state index in [1.807, 2.05) is 38.1 Å². The fraction of sp³-hybridized carbons (Fsp3) is 0.761. The Balaban J connectivity index is 0.000000185. The lowest BCUT2D eigenvalue weighted by atomic mass is 9.46. The van der Waals surface area contributed by atoms with E-state index in [-0.39, 0.29) is 58.7 Å². The lowest BCUT2D eigenvalue weighted by molar-refractivity contribution is -0.0710. The van der Waals surface area contributed by atoms with E-state index >= 15 is 0 Å². The van der Waals surface area contributed by atoms with Crippen molar-refractivity contribution in [3.8, 4) is 0 Å². The molecule has 0 aromatic heterocycles. The van der Waals surface area contributed by atoms with Gasteiger partial charge in [-0.15, -0.1) is 0 Å². The number of allylic oxidation sites excluding steroid dienone is 2. The van der Waals surface area contributed by atoms with E-state index < -0.39 is 41.7 Å². The molecule has 1 heterocycles. The predicted octanol–water partition coefficient (Wildman–Crippen LogP) is 14.8. The van der Waals surface area contributed by atoms with Gasteiger partial charge < -0.3 is 20.1 Å². The summed E-state index contributed by atoms with van der Waals surface area (Å²) in [6.07, 6.45) is 22.5. The Bertz CT molecular complexity index is 2680. The molecule has 2 aromatic rings. The van der Waals surface area contributed by atoms with Crippen LogP contribution in [0.2, 0.25) is 0 Å². The van der Waals surface area contributed by atoms with Crippen LogP contribution in [0.25, 0.3) is 0 Å². The van der Waals surface area contributed by atoms with Crippen LogP contribution in [0.4, 0.5) is 0 Å². The first kappa shape index (κ1) is 60.7. The molecule has 11 rings (SSSR count). The van der Waals surface area contributed by atoms with E-state index in [9.17, 15) is 32.2 Å². The number of aliphatic hydroxyl groups is 3. The molecule has 9 aliphatic rings. The standard InChI is InChI=1S/C33H50O4S.C29H42O3S.C4H8O.CH4/c1-22(29(21-30(2,3)34)38(36,37)24-10-8-7-9-11-24)26-14-15-27-25-13-12-23-20-31(4,35)18-19-32(23,5)28(25)16-17-33(26,27)6;1-20(19-33(31,32)22-8-6-5-7-9-22)24-12-13-25-23-11-10-21-18-27(2,30)16-17-28(21,3)26(23)14-15-29(24,25)4;1-4(2)3-5-4;/h7-12,22,25-29,34-35H,13-21H2,1-6H3;5-10,20,23-26,30H,11-19H2,1-4H3;3H2,1-2H3;1H4/t22-,25-,26+,27-,28-,29?,31-,32-,33+;20-,23+,24-,25+,26+,27+,28+,29-;;/m01../s1. The molecule has 0 bridgehead atoms. The predicted molar refractivity (Wildman–Crippen MR) is 314 cm³/mol. The lowest BCUT2D eigenvalue weighted by Crippen LogP contribution is -2.52. The van der Waals surface area contributed by atoms with Crippen molar-refractivity contribution in [2.45, 2.75) is 237 Å². The van der Waals surface area contributed by atoms with Crippen molar-refractivity contribution in [2.24, 2.45) is 80.8 Å². The number of epoxide rings is 1. The third-order valence-electron chi connectivity index (χ3n) is 23.3. The number of sulfone groups is 2. The maximum absolute atomic E-state index is 14.0. The van der Waals surface area contributed by atoms with Gasteiger partial charge in [-0.2, -0.15) is 0 Å². The topological polar surface area (TPSA) is 142 Å². The van der Waals surface area contributed by atoms with Crippen LogP contribution in [0, 0.1) is 80.8 Å². The molecule has 77 heavy (non-hydrogen) atoms. The van der Waals surface area contributed by atoms with Crippen molar-refractivity contribution in [3.63, 3.8) is 0 Å². The van der Waals surface area contributed by atoms with Crippen LogP contribution in [0.15, 0.2) is 93.8 Å². The average molecular weight is 1100 g/mol. The zero-order valence-corrected chi connectivity index (χ0v) is 50.5. The number of fused-ring (bicyclic) bond motifs is 10. The molecule has 6 saturated carbocycles. The Morgan fingerprint density at radius 1 is 0.597 bits per heavy atom. The van der Waals surface area contributed by atoms with Crippen LogP contribution in [0.3, 0.4) is 0 Å². The molecule has 0 radical (unpaired) electrons. The zero-order chi connectivity index (χ0) is 55.3. The van der Waals surface area contributed by atoms with Crippen LogP contribution in [-0.2, 0) is 24.4 Å². The highest BCUT2D eigenvalue weighted by atomic mass is 32.2. The monoisotopic (exact) mass is 1100 g/mol. The smallest absolute Gasteiger partial charge is 0.181 e. The summed E-state index contributed by atoms with van der Waals surface area (Å²) in [6, 6.07) is 17.8. The van der Waals surface area contributed by atoms with Gasteiger partial charge in [0.1, 0.15) is 0 Å². The van der Waals surface area contributed by atoms with Crippen LogP contribution in [0.5, 0.6) is 0 Å². The molecule has 3 N–H and O–H groups in total. The summed E-state index contributed by atoms with van der Waals surface area (Å²) in [4.78, 5) is 0.835. The highest BCUT2D eigenvalue weighted by molar-refractivity contribution is 7.92. The highest BCUT2D eigenvalue weighted by Crippen LogP contribution is 2.70. The minimum absolute atomic E-state index is 0. The van der Waals surface area contributed by atoms with E-state index in [2.05, 4.69) is 67.5 Å². The third-order valence-corrected chi connectivity index (χ3v) is 27.6. The average Bonchev–Trinajstić information content (AvgIpc) is 3.88. The Labute approximate surface area is 468 Å². The third kappa shape index (κ3) is 11.9. The van der Waals surface area contributed by atoms with Crippen LogP contribution < -0.4 is 0 Å². The van der Waals surface area contributed by atoms with Crippen molar-refractivity contribution in [3.05, 3.63) is 84.0 Å². The lowest BCUT2D eigenvalue weighted by Gasteiger charge is -2.59. The molecule has 1 unspecified atom stereocenters. The molecular weight excluding hydrogens is 997 g/mol. The molecule has 8 aliphatic carbocycles. The fourth-order valence-corrected chi connectivity index (χ4v) is 22.9. The Kier molecular flexibility index (Phi) is 16.9. The molecule has 0 spiro atoms. The van der Waals surface area contributed by atoms with Crippen molar-refractivity contribution in [1.82, 2.24) is 0 Å². The first-order valence-electron chi connectivity index (χ1n) is 30.0. The van der Waals surface area contributed by atoms with Crippen LogP contribution in [-0.4, -0.2) is 72.2 Å². The molecule has 432 valence electrons. The van der Waals surface area contributed by atoms with Crippen LogP contribution in [0.1, 0.15) is 200 Å². The minimum Gasteiger partial charge on any atom is -0.390 e. The summed E-state index contributed by atoms with van der Waals surface area (Å²) < 4.78 is 59.2. The number of hydrogen-bond donors (Lipinski definition) is 3. The van der Waals surface area contributed by atoms with Crippen molar-refractivity contribution in [1.29, 1.82) is 0 Å². The number of hydrogen-bond acceptors (Lipinski definition) is 8. The maximum Gasteiger partial charge on any atom is 0.181 e. The van der Waals surface area contributed by atoms with Gasteiger partial charge in [0.05, 0.1) is 49.8 Å². The van der Waals surface area contributed by atoms with Crippen molar-refractivity contribution < 1.29 is 36.9 Å². The second-order valence-electron chi connectivity index (χ2n) is 29.7. The Hall–Kier alpha value is -2.34. The van der Waals surface area contributed by atoms with Gasteiger partial charge in [-0.1, -0.05) is 109 Å². The first-order chi connectivity index (χ1) is 35.3. The fourth-order valence-electron chi connectivity index (χ4n) is 18.9. The Morgan fingerprint density at radius 3 is 1.44 bits per heavy atom. The number of rotatable bonds is 10. The highest BCUT2D eigenvalue weighted by Gasteiger charge is 2.62. The molecule has 2 aromatic carbocycles. The van der Waals surface area contributed by atoms with E-state index in [1.165, 1.54) is 43.3 Å². The molecule has 17 atom stereocenters. The second-order valence-corrected chi connectivity index (χ2v) is 33.9. The summed E-state index contributed by atoms with van der Waals surface area (Å²) in [5, 5.41) is 31.7. The van der Waals surface area contributed by atoms with Crippen molar-refractivity contribution in [2.75, 3.05) is 12.4 Å². The van der Waals surface area contributed by atoms with E-state index in [4.69, 9.17) is 4.74 Å².